The summed E-state index contributed by atoms with van der Waals surface area (Å²) in [5.41, 5.74) is 0.380. The molecule has 0 aromatic rings. The highest BCUT2D eigenvalue weighted by Gasteiger charge is 1.97. The Morgan fingerprint density at radius 1 is 1.73 bits per heavy atom. The molecule has 0 aromatic heterocycles. The van der Waals surface area contributed by atoms with E-state index in [1.807, 2.05) is 0 Å². The summed E-state index contributed by atoms with van der Waals surface area (Å²) in [6.45, 7) is 8.13. The van der Waals surface area contributed by atoms with Crippen LogP contribution in [0.2, 0.25) is 0 Å². The Hall–Kier alpha value is -1.67. The first-order chi connectivity index (χ1) is 5.09. The van der Waals surface area contributed by atoms with Crippen LogP contribution >= 0.6 is 0 Å². The lowest BCUT2D eigenvalue weighted by Gasteiger charge is -1.92. The molecular weight excluding hydrogens is 146 g/mol. The molecule has 0 aliphatic carbocycles. The van der Waals surface area contributed by atoms with Gasteiger partial charge in [-0.1, -0.05) is 13.2 Å². The van der Waals surface area contributed by atoms with Gasteiger partial charge in [0.2, 0.25) is 6.08 Å². The molecule has 0 aromatic carbocycles. The number of rotatable bonds is 2. The van der Waals surface area contributed by atoms with E-state index in [1.54, 1.807) is 6.92 Å². The van der Waals surface area contributed by atoms with Crippen molar-refractivity contribution in [2.75, 3.05) is 0 Å². The van der Waals surface area contributed by atoms with Crippen LogP contribution in [0.5, 0.6) is 0 Å². The molecular formula is C7H9NO3. The first kappa shape index (κ1) is 12.0. The molecule has 0 aliphatic rings. The van der Waals surface area contributed by atoms with Crippen molar-refractivity contribution >= 4 is 12.0 Å². The van der Waals surface area contributed by atoms with E-state index in [1.165, 1.54) is 0 Å². The predicted molar refractivity (Wildman–Crippen MR) is 39.5 cm³/mol. The molecule has 11 heavy (non-hydrogen) atoms. The van der Waals surface area contributed by atoms with E-state index in [2.05, 4.69) is 17.9 Å². The molecule has 0 amide bonds. The molecule has 0 saturated heterocycles. The number of isocyanates is 1. The van der Waals surface area contributed by atoms with Crippen molar-refractivity contribution in [1.82, 2.24) is 0 Å². The third-order valence-corrected chi connectivity index (χ3v) is 0.539. The number of nitrogens with one attached hydrogen (secondary N) is 1. The second kappa shape index (κ2) is 8.33. The van der Waals surface area contributed by atoms with E-state index in [4.69, 9.17) is 10.2 Å². The third-order valence-electron chi connectivity index (χ3n) is 0.539. The van der Waals surface area contributed by atoms with E-state index in [9.17, 15) is 4.79 Å². The molecule has 0 atom stereocenters. The Balaban J connectivity index is 0. The highest BCUT2D eigenvalue weighted by atomic mass is 16.5. The molecule has 0 saturated carbocycles. The maximum atomic E-state index is 10.3. The fraction of sp³-hybridized carbons (Fsp3) is 0.143. The van der Waals surface area contributed by atoms with Gasteiger partial charge in [0.1, 0.15) is 0 Å². The fourth-order valence-corrected chi connectivity index (χ4v) is 0.176. The Morgan fingerprint density at radius 3 is 2.18 bits per heavy atom. The maximum absolute atomic E-state index is 10.3. The summed E-state index contributed by atoms with van der Waals surface area (Å²) in [4.78, 5) is 18.7. The molecule has 4 nitrogen and oxygen atoms in total. The lowest BCUT2D eigenvalue weighted by Crippen LogP contribution is -1.98. The van der Waals surface area contributed by atoms with Gasteiger partial charge in [-0.2, -0.15) is 0 Å². The summed E-state index contributed by atoms with van der Waals surface area (Å²) in [6, 6.07) is 0. The van der Waals surface area contributed by atoms with Crippen LogP contribution in [0.15, 0.2) is 25.0 Å². The highest BCUT2D eigenvalue weighted by molar-refractivity contribution is 5.87. The van der Waals surface area contributed by atoms with Gasteiger partial charge in [0.25, 0.3) is 0 Å². The van der Waals surface area contributed by atoms with Crippen LogP contribution in [0, 0.1) is 5.41 Å². The number of ether oxygens (including phenoxy) is 1. The highest BCUT2D eigenvalue weighted by Crippen LogP contribution is 1.90. The zero-order chi connectivity index (χ0) is 9.28. The average molecular weight is 155 g/mol. The molecule has 0 unspecified atom stereocenters. The van der Waals surface area contributed by atoms with E-state index in [0.29, 0.717) is 5.57 Å². The van der Waals surface area contributed by atoms with Crippen molar-refractivity contribution in [3.05, 3.63) is 25.0 Å². The molecule has 0 fully saturated rings. The molecule has 0 aliphatic heterocycles. The van der Waals surface area contributed by atoms with Crippen molar-refractivity contribution in [1.29, 1.82) is 5.41 Å². The average Bonchev–Trinajstić information content (AvgIpc) is 1.90. The lowest BCUT2D eigenvalue weighted by molar-refractivity contribution is -0.133. The van der Waals surface area contributed by atoms with Crippen LogP contribution in [0.1, 0.15) is 6.92 Å². The Morgan fingerprint density at radius 2 is 2.09 bits per heavy atom. The minimum atomic E-state index is -0.431. The topological polar surface area (TPSA) is 67.2 Å². The fourth-order valence-electron chi connectivity index (χ4n) is 0.176. The van der Waals surface area contributed by atoms with Crippen LogP contribution in [-0.4, -0.2) is 12.0 Å². The first-order valence-corrected chi connectivity index (χ1v) is 2.61. The van der Waals surface area contributed by atoms with Gasteiger partial charge in [-0.3, -0.25) is 0 Å². The summed E-state index contributed by atoms with van der Waals surface area (Å²) in [6.07, 6.45) is 1.83. The Kier molecular flexibility index (Phi) is 9.12. The van der Waals surface area contributed by atoms with Crippen molar-refractivity contribution in [3.8, 4) is 0 Å². The quantitative estimate of drug-likeness (QED) is 0.214. The minimum Gasteiger partial charge on any atom is -0.432 e. The lowest BCUT2D eigenvalue weighted by atomic mass is 10.4. The molecule has 0 spiro atoms. The van der Waals surface area contributed by atoms with Crippen LogP contribution in [0.25, 0.3) is 0 Å². The van der Waals surface area contributed by atoms with Gasteiger partial charge in [-0.15, -0.1) is 0 Å². The van der Waals surface area contributed by atoms with E-state index < -0.39 is 5.97 Å². The summed E-state index contributed by atoms with van der Waals surface area (Å²) in [5, 5.41) is 5.40. The van der Waals surface area contributed by atoms with E-state index >= 15 is 0 Å². The summed E-state index contributed by atoms with van der Waals surface area (Å²) >= 11 is 0. The van der Waals surface area contributed by atoms with Gasteiger partial charge in [0.05, 0.1) is 6.26 Å². The Labute approximate surface area is 64.7 Å². The van der Waals surface area contributed by atoms with Crippen LogP contribution in [-0.2, 0) is 14.3 Å². The van der Waals surface area contributed by atoms with Crippen molar-refractivity contribution in [3.63, 3.8) is 0 Å². The monoisotopic (exact) mass is 155 g/mol. The number of carbonyl (C=O) groups excluding carboxylic acids is 2. The minimum absolute atomic E-state index is 0.380. The summed E-state index contributed by atoms with van der Waals surface area (Å²) in [7, 11) is 0. The van der Waals surface area contributed by atoms with Crippen molar-refractivity contribution in [2.45, 2.75) is 6.92 Å². The van der Waals surface area contributed by atoms with Gasteiger partial charge in [0, 0.05) is 5.57 Å². The van der Waals surface area contributed by atoms with Crippen LogP contribution in [0.3, 0.4) is 0 Å². The molecule has 1 N–H and O–H groups in total. The number of esters is 1. The van der Waals surface area contributed by atoms with Gasteiger partial charge < -0.3 is 4.74 Å². The zero-order valence-corrected chi connectivity index (χ0v) is 6.22. The van der Waals surface area contributed by atoms with E-state index in [0.717, 1.165) is 12.3 Å². The van der Waals surface area contributed by atoms with Gasteiger partial charge in [-0.05, 0) is 6.92 Å². The SMILES string of the molecule is C=COC(=O)C(=C)C.N=C=O. The second-order valence-corrected chi connectivity index (χ2v) is 1.45. The number of hydrogen-bond donors (Lipinski definition) is 1. The number of hydrogen-bond acceptors (Lipinski definition) is 4. The first-order valence-electron chi connectivity index (χ1n) is 2.61. The predicted octanol–water partition coefficient (Wildman–Crippen LogP) is 1.15. The smallest absolute Gasteiger partial charge is 0.337 e. The summed E-state index contributed by atoms with van der Waals surface area (Å²) in [5.74, 6) is -0.431. The van der Waals surface area contributed by atoms with Gasteiger partial charge >= 0.3 is 5.97 Å². The zero-order valence-electron chi connectivity index (χ0n) is 6.22. The molecule has 0 heterocycles. The molecule has 60 valence electrons. The standard InChI is InChI=1S/C6H8O2.CHNO/c1-4-8-6(7)5(2)3;2-1-3/h4H,1-2H2,3H3;2H. The second-order valence-electron chi connectivity index (χ2n) is 1.45. The normalized spacial score (nSPS) is 6.27. The number of carbonyl (C=O) groups is 1. The van der Waals surface area contributed by atoms with Crippen LogP contribution < -0.4 is 0 Å². The van der Waals surface area contributed by atoms with Gasteiger partial charge in [0.15, 0.2) is 0 Å². The van der Waals surface area contributed by atoms with E-state index in [-0.39, 0.29) is 0 Å². The van der Waals surface area contributed by atoms with Gasteiger partial charge in [-0.25, -0.2) is 15.0 Å². The molecule has 0 bridgehead atoms. The van der Waals surface area contributed by atoms with Crippen molar-refractivity contribution in [2.24, 2.45) is 0 Å². The molecule has 4 heteroatoms. The van der Waals surface area contributed by atoms with Crippen molar-refractivity contribution < 1.29 is 14.3 Å². The third kappa shape index (κ3) is 11.7. The summed E-state index contributed by atoms with van der Waals surface area (Å²) < 4.78 is 4.33. The maximum Gasteiger partial charge on any atom is 0.337 e. The molecule has 0 rings (SSSR count). The largest absolute Gasteiger partial charge is 0.432 e. The van der Waals surface area contributed by atoms with Crippen LogP contribution in [0.4, 0.5) is 0 Å². The molecule has 0 radical (unpaired) electrons. The Bertz CT molecular complexity index is 190.